The molecule has 1 saturated heterocycles. The number of amides is 2. The summed E-state index contributed by atoms with van der Waals surface area (Å²) in [6.07, 6.45) is 1.39. The Morgan fingerprint density at radius 1 is 1.24 bits per heavy atom. The van der Waals surface area contributed by atoms with Crippen molar-refractivity contribution in [3.05, 3.63) is 28.2 Å². The molecule has 5 nitrogen and oxygen atoms in total. The highest BCUT2D eigenvalue weighted by Crippen LogP contribution is 2.45. The van der Waals surface area contributed by atoms with Crippen molar-refractivity contribution in [2.45, 2.75) is 19.8 Å². The molecular formula is C15H14BrNO4. The van der Waals surface area contributed by atoms with Crippen LogP contribution in [0.4, 0.5) is 5.69 Å². The number of carboxylic acids is 1. The molecule has 0 aromatic heterocycles. The molecule has 1 aromatic carbocycles. The zero-order valence-electron chi connectivity index (χ0n) is 11.4. The van der Waals surface area contributed by atoms with E-state index in [0.29, 0.717) is 23.2 Å². The fourth-order valence-electron chi connectivity index (χ4n) is 3.39. The minimum absolute atomic E-state index is 0.0343. The lowest BCUT2D eigenvalue weighted by molar-refractivity contribution is -0.123. The van der Waals surface area contributed by atoms with Crippen molar-refractivity contribution in [3.63, 3.8) is 0 Å². The number of halogens is 1. The first-order chi connectivity index (χ1) is 9.90. The highest BCUT2D eigenvalue weighted by molar-refractivity contribution is 9.10. The van der Waals surface area contributed by atoms with Crippen LogP contribution in [0.2, 0.25) is 0 Å². The summed E-state index contributed by atoms with van der Waals surface area (Å²) < 4.78 is 0.633. The maximum Gasteiger partial charge on any atom is 0.337 e. The van der Waals surface area contributed by atoms with Crippen LogP contribution in [-0.4, -0.2) is 22.9 Å². The zero-order valence-corrected chi connectivity index (χ0v) is 13.0. The van der Waals surface area contributed by atoms with Gasteiger partial charge in [-0.2, -0.15) is 0 Å². The number of anilines is 1. The Balaban J connectivity index is 2.06. The third-order valence-corrected chi connectivity index (χ3v) is 4.80. The maximum absolute atomic E-state index is 12.5. The number of imide groups is 1. The van der Waals surface area contributed by atoms with Gasteiger partial charge in [0, 0.05) is 4.47 Å². The van der Waals surface area contributed by atoms with Gasteiger partial charge in [0.1, 0.15) is 0 Å². The van der Waals surface area contributed by atoms with E-state index in [9.17, 15) is 19.5 Å². The van der Waals surface area contributed by atoms with Gasteiger partial charge in [-0.15, -0.1) is 0 Å². The number of fused-ring (bicyclic) bond motifs is 1. The molecule has 1 aliphatic carbocycles. The minimum Gasteiger partial charge on any atom is -0.478 e. The van der Waals surface area contributed by atoms with Gasteiger partial charge in [-0.3, -0.25) is 9.59 Å². The number of aromatic carboxylic acids is 1. The van der Waals surface area contributed by atoms with Crippen molar-refractivity contribution in [1.29, 1.82) is 0 Å². The van der Waals surface area contributed by atoms with Crippen LogP contribution in [0.1, 0.15) is 30.1 Å². The summed E-state index contributed by atoms with van der Waals surface area (Å²) in [5.41, 5.74) is 0.127. The van der Waals surface area contributed by atoms with Gasteiger partial charge in [0.15, 0.2) is 0 Å². The molecular weight excluding hydrogens is 338 g/mol. The molecule has 0 bridgehead atoms. The van der Waals surface area contributed by atoms with E-state index in [1.165, 1.54) is 12.1 Å². The number of carbonyl (C=O) groups excluding carboxylic acids is 2. The number of carbonyl (C=O) groups is 3. The monoisotopic (exact) mass is 351 g/mol. The van der Waals surface area contributed by atoms with Crippen LogP contribution in [0.25, 0.3) is 0 Å². The topological polar surface area (TPSA) is 74.7 Å². The third-order valence-electron chi connectivity index (χ3n) is 4.30. The van der Waals surface area contributed by atoms with Crippen molar-refractivity contribution < 1.29 is 19.5 Å². The number of carboxylic acid groups (broad SMARTS) is 1. The molecule has 2 aliphatic rings. The molecule has 0 spiro atoms. The zero-order chi connectivity index (χ0) is 15.3. The van der Waals surface area contributed by atoms with Crippen LogP contribution in [0.3, 0.4) is 0 Å². The third kappa shape index (κ3) is 2.18. The van der Waals surface area contributed by atoms with Crippen LogP contribution < -0.4 is 4.90 Å². The molecule has 2 fully saturated rings. The van der Waals surface area contributed by atoms with Crippen molar-refractivity contribution in [2.75, 3.05) is 4.90 Å². The molecule has 1 aliphatic heterocycles. The van der Waals surface area contributed by atoms with Gasteiger partial charge in [-0.25, -0.2) is 9.69 Å². The highest BCUT2D eigenvalue weighted by Gasteiger charge is 2.52. The van der Waals surface area contributed by atoms with Gasteiger partial charge in [0.05, 0.1) is 23.1 Å². The van der Waals surface area contributed by atoms with Crippen LogP contribution >= 0.6 is 15.9 Å². The fraction of sp³-hybridized carbons (Fsp3) is 0.400. The lowest BCUT2D eigenvalue weighted by Gasteiger charge is -2.19. The van der Waals surface area contributed by atoms with Crippen LogP contribution in [0.15, 0.2) is 22.7 Å². The highest BCUT2D eigenvalue weighted by atomic mass is 79.9. The van der Waals surface area contributed by atoms with Gasteiger partial charge in [-0.05, 0) is 37.0 Å². The van der Waals surface area contributed by atoms with Gasteiger partial charge < -0.3 is 5.11 Å². The lowest BCUT2D eigenvalue weighted by Crippen LogP contribution is -2.33. The second-order valence-electron chi connectivity index (χ2n) is 5.77. The van der Waals surface area contributed by atoms with E-state index in [2.05, 4.69) is 15.9 Å². The summed E-state index contributed by atoms with van der Waals surface area (Å²) in [6.45, 7) is 2.03. The van der Waals surface area contributed by atoms with E-state index in [0.717, 1.165) is 4.90 Å². The average Bonchev–Trinajstić information content (AvgIpc) is 2.89. The van der Waals surface area contributed by atoms with E-state index < -0.39 is 5.97 Å². The van der Waals surface area contributed by atoms with Crippen molar-refractivity contribution in [3.8, 4) is 0 Å². The van der Waals surface area contributed by atoms with Crippen LogP contribution in [0.5, 0.6) is 0 Å². The van der Waals surface area contributed by atoms with Crippen molar-refractivity contribution in [2.24, 2.45) is 17.8 Å². The molecule has 1 heterocycles. The molecule has 2 amide bonds. The predicted molar refractivity (Wildman–Crippen MR) is 79.0 cm³/mol. The molecule has 1 aromatic rings. The minimum atomic E-state index is -1.15. The number of hydrogen-bond acceptors (Lipinski definition) is 3. The first-order valence-corrected chi connectivity index (χ1v) is 7.60. The SMILES string of the molecule is CC1CC2C(=O)N(c3cc(Br)ccc3C(=O)O)C(=O)C2C1. The molecule has 6 heteroatoms. The number of nitrogens with zero attached hydrogens (tertiary/aromatic N) is 1. The molecule has 2 unspecified atom stereocenters. The van der Waals surface area contributed by atoms with Gasteiger partial charge in [0.25, 0.3) is 0 Å². The molecule has 3 rings (SSSR count). The summed E-state index contributed by atoms with van der Waals surface area (Å²) in [4.78, 5) is 37.5. The van der Waals surface area contributed by atoms with Crippen molar-refractivity contribution in [1.82, 2.24) is 0 Å². The summed E-state index contributed by atoms with van der Waals surface area (Å²) >= 11 is 3.26. The summed E-state index contributed by atoms with van der Waals surface area (Å²) in [7, 11) is 0. The molecule has 2 atom stereocenters. The largest absolute Gasteiger partial charge is 0.478 e. The molecule has 21 heavy (non-hydrogen) atoms. The Bertz CT molecular complexity index is 633. The van der Waals surface area contributed by atoms with E-state index in [-0.39, 0.29) is 34.9 Å². The van der Waals surface area contributed by atoms with Gasteiger partial charge in [-0.1, -0.05) is 22.9 Å². The number of rotatable bonds is 2. The summed E-state index contributed by atoms with van der Waals surface area (Å²) in [5, 5.41) is 9.27. The standard InChI is InChI=1S/C15H14BrNO4/c1-7-4-10-11(5-7)14(19)17(13(10)18)12-6-8(16)2-3-9(12)15(20)21/h2-3,6-7,10-11H,4-5H2,1H3,(H,20,21). The molecule has 1 saturated carbocycles. The average molecular weight is 352 g/mol. The second kappa shape index (κ2) is 4.94. The van der Waals surface area contributed by atoms with Gasteiger partial charge >= 0.3 is 5.97 Å². The van der Waals surface area contributed by atoms with Crippen LogP contribution in [-0.2, 0) is 9.59 Å². The maximum atomic E-state index is 12.5. The smallest absolute Gasteiger partial charge is 0.337 e. The predicted octanol–water partition coefficient (Wildman–Crippen LogP) is 2.68. The van der Waals surface area contributed by atoms with Gasteiger partial charge in [0.2, 0.25) is 11.8 Å². The number of hydrogen-bond donors (Lipinski definition) is 1. The summed E-state index contributed by atoms with van der Waals surface area (Å²) in [6, 6.07) is 4.50. The lowest BCUT2D eigenvalue weighted by atomic mass is 10.00. The molecule has 1 N–H and O–H groups in total. The molecule has 110 valence electrons. The second-order valence-corrected chi connectivity index (χ2v) is 6.68. The van der Waals surface area contributed by atoms with Crippen LogP contribution in [0, 0.1) is 17.8 Å². The van der Waals surface area contributed by atoms with E-state index in [1.807, 2.05) is 6.92 Å². The van der Waals surface area contributed by atoms with E-state index in [1.54, 1.807) is 6.07 Å². The fourth-order valence-corrected chi connectivity index (χ4v) is 3.73. The Morgan fingerprint density at radius 3 is 2.33 bits per heavy atom. The Kier molecular flexibility index (Phi) is 3.36. The van der Waals surface area contributed by atoms with E-state index >= 15 is 0 Å². The number of benzene rings is 1. The van der Waals surface area contributed by atoms with E-state index in [4.69, 9.17) is 0 Å². The Hall–Kier alpha value is -1.69. The normalized spacial score (nSPS) is 28.1. The first kappa shape index (κ1) is 14.3. The Morgan fingerprint density at radius 2 is 1.81 bits per heavy atom. The summed E-state index contributed by atoms with van der Waals surface area (Å²) in [5.74, 6) is -1.92. The Labute approximate surface area is 130 Å². The van der Waals surface area contributed by atoms with Crippen molar-refractivity contribution >= 4 is 39.4 Å². The quantitative estimate of drug-likeness (QED) is 0.831. The first-order valence-electron chi connectivity index (χ1n) is 6.80. The molecule has 0 radical (unpaired) electrons.